The molecule has 0 aromatic heterocycles. The molecule has 0 heterocycles. The Morgan fingerprint density at radius 1 is 1.42 bits per heavy atom. The third kappa shape index (κ3) is 4.19. The largest absolute Gasteiger partial charge is 0.310 e. The van der Waals surface area contributed by atoms with Gasteiger partial charge in [-0.2, -0.15) is 0 Å². The standard InChI is InChI=1S/C16H23ClFN/c1-11-4-3-5-13(8-11)10-19-12(2)14-6-7-15(17)16(18)9-14/h6-7,9,11-13,19H,3-5,8,10H2,1-2H3. The van der Waals surface area contributed by atoms with Crippen LogP contribution in [-0.2, 0) is 0 Å². The summed E-state index contributed by atoms with van der Waals surface area (Å²) in [5.74, 6) is 1.28. The first kappa shape index (κ1) is 14.8. The zero-order chi connectivity index (χ0) is 13.8. The molecule has 0 saturated heterocycles. The molecule has 1 saturated carbocycles. The Bertz CT molecular complexity index is 421. The van der Waals surface area contributed by atoms with Gasteiger partial charge in [-0.25, -0.2) is 4.39 Å². The summed E-state index contributed by atoms with van der Waals surface area (Å²) in [6.07, 6.45) is 5.35. The van der Waals surface area contributed by atoms with Gasteiger partial charge in [-0.1, -0.05) is 37.4 Å². The summed E-state index contributed by atoms with van der Waals surface area (Å²) >= 11 is 5.70. The second kappa shape index (κ2) is 6.71. The number of rotatable bonds is 4. The first-order valence-corrected chi connectivity index (χ1v) is 7.62. The molecule has 2 rings (SSSR count). The zero-order valence-electron chi connectivity index (χ0n) is 11.8. The predicted octanol–water partition coefficient (Wildman–Crippen LogP) is 4.96. The highest BCUT2D eigenvalue weighted by molar-refractivity contribution is 6.30. The van der Waals surface area contributed by atoms with Crippen LogP contribution in [0, 0.1) is 17.7 Å². The van der Waals surface area contributed by atoms with Crippen molar-refractivity contribution < 1.29 is 4.39 Å². The predicted molar refractivity (Wildman–Crippen MR) is 78.9 cm³/mol. The first-order valence-electron chi connectivity index (χ1n) is 7.24. The van der Waals surface area contributed by atoms with Gasteiger partial charge >= 0.3 is 0 Å². The van der Waals surface area contributed by atoms with Crippen LogP contribution in [0.1, 0.15) is 51.1 Å². The van der Waals surface area contributed by atoms with Gasteiger partial charge in [0.05, 0.1) is 5.02 Å². The fraction of sp³-hybridized carbons (Fsp3) is 0.625. The molecule has 1 nitrogen and oxygen atoms in total. The van der Waals surface area contributed by atoms with Crippen molar-refractivity contribution in [2.75, 3.05) is 6.54 Å². The molecule has 1 aromatic carbocycles. The molecule has 0 radical (unpaired) electrons. The van der Waals surface area contributed by atoms with Crippen molar-refractivity contribution >= 4 is 11.6 Å². The number of benzene rings is 1. The lowest BCUT2D eigenvalue weighted by Gasteiger charge is -2.28. The Kier molecular flexibility index (Phi) is 5.23. The highest BCUT2D eigenvalue weighted by atomic mass is 35.5. The van der Waals surface area contributed by atoms with Gasteiger partial charge in [0.1, 0.15) is 5.82 Å². The van der Waals surface area contributed by atoms with Gasteiger partial charge in [0.2, 0.25) is 0 Å². The third-order valence-corrected chi connectivity index (χ3v) is 4.51. The van der Waals surface area contributed by atoms with E-state index in [2.05, 4.69) is 19.2 Å². The molecule has 3 atom stereocenters. The van der Waals surface area contributed by atoms with Gasteiger partial charge in [0, 0.05) is 6.04 Å². The molecule has 19 heavy (non-hydrogen) atoms. The van der Waals surface area contributed by atoms with Crippen LogP contribution < -0.4 is 5.32 Å². The number of hydrogen-bond acceptors (Lipinski definition) is 1. The smallest absolute Gasteiger partial charge is 0.142 e. The van der Waals surface area contributed by atoms with Crippen molar-refractivity contribution in [3.63, 3.8) is 0 Å². The Labute approximate surface area is 120 Å². The Hall–Kier alpha value is -0.600. The van der Waals surface area contributed by atoms with Crippen LogP contribution >= 0.6 is 11.6 Å². The summed E-state index contributed by atoms with van der Waals surface area (Å²) in [4.78, 5) is 0. The van der Waals surface area contributed by atoms with Crippen molar-refractivity contribution in [1.29, 1.82) is 0 Å². The van der Waals surface area contributed by atoms with E-state index in [4.69, 9.17) is 11.6 Å². The molecule has 1 aliphatic carbocycles. The van der Waals surface area contributed by atoms with E-state index in [1.54, 1.807) is 6.07 Å². The van der Waals surface area contributed by atoms with Crippen molar-refractivity contribution in [3.8, 4) is 0 Å². The van der Waals surface area contributed by atoms with E-state index in [0.29, 0.717) is 0 Å². The van der Waals surface area contributed by atoms with Crippen molar-refractivity contribution in [1.82, 2.24) is 5.32 Å². The quantitative estimate of drug-likeness (QED) is 0.824. The zero-order valence-corrected chi connectivity index (χ0v) is 12.5. The molecule has 1 N–H and O–H groups in total. The van der Waals surface area contributed by atoms with Gasteiger partial charge in [0.15, 0.2) is 0 Å². The molecule has 0 spiro atoms. The van der Waals surface area contributed by atoms with Crippen molar-refractivity contribution in [2.24, 2.45) is 11.8 Å². The summed E-state index contributed by atoms with van der Waals surface area (Å²) in [5, 5.41) is 3.72. The molecule has 0 bridgehead atoms. The van der Waals surface area contributed by atoms with Gasteiger partial charge in [-0.3, -0.25) is 0 Å². The van der Waals surface area contributed by atoms with Crippen LogP contribution in [0.15, 0.2) is 18.2 Å². The SMILES string of the molecule is CC1CCCC(CNC(C)c2ccc(Cl)c(F)c2)C1. The summed E-state index contributed by atoms with van der Waals surface area (Å²) in [5.41, 5.74) is 0.964. The summed E-state index contributed by atoms with van der Waals surface area (Å²) in [6, 6.07) is 5.23. The maximum Gasteiger partial charge on any atom is 0.142 e. The molecule has 106 valence electrons. The van der Waals surface area contributed by atoms with E-state index in [-0.39, 0.29) is 16.9 Å². The Balaban J connectivity index is 1.86. The van der Waals surface area contributed by atoms with Gasteiger partial charge in [-0.15, -0.1) is 0 Å². The number of nitrogens with one attached hydrogen (secondary N) is 1. The molecule has 0 amide bonds. The van der Waals surface area contributed by atoms with Crippen LogP contribution in [0.3, 0.4) is 0 Å². The Morgan fingerprint density at radius 2 is 2.21 bits per heavy atom. The summed E-state index contributed by atoms with van der Waals surface area (Å²) in [6.45, 7) is 5.44. The molecular weight excluding hydrogens is 261 g/mol. The van der Waals surface area contributed by atoms with E-state index in [0.717, 1.165) is 23.9 Å². The summed E-state index contributed by atoms with van der Waals surface area (Å²) in [7, 11) is 0. The first-order chi connectivity index (χ1) is 9.06. The normalized spacial score (nSPS) is 25.3. The van der Waals surface area contributed by atoms with Gasteiger partial charge in [0.25, 0.3) is 0 Å². The third-order valence-electron chi connectivity index (χ3n) is 4.20. The highest BCUT2D eigenvalue weighted by Gasteiger charge is 2.19. The lowest BCUT2D eigenvalue weighted by molar-refractivity contribution is 0.268. The second-order valence-electron chi connectivity index (χ2n) is 5.94. The minimum absolute atomic E-state index is 0.170. The lowest BCUT2D eigenvalue weighted by Crippen LogP contribution is -2.28. The highest BCUT2D eigenvalue weighted by Crippen LogP contribution is 2.28. The minimum atomic E-state index is -0.334. The molecule has 1 aliphatic rings. The number of hydrogen-bond donors (Lipinski definition) is 1. The van der Waals surface area contributed by atoms with Crippen LogP contribution in [0.4, 0.5) is 4.39 Å². The van der Waals surface area contributed by atoms with Gasteiger partial charge < -0.3 is 5.32 Å². The van der Waals surface area contributed by atoms with Crippen LogP contribution in [-0.4, -0.2) is 6.54 Å². The molecule has 3 heteroatoms. The average molecular weight is 284 g/mol. The lowest BCUT2D eigenvalue weighted by atomic mass is 9.82. The topological polar surface area (TPSA) is 12.0 Å². The van der Waals surface area contributed by atoms with E-state index < -0.39 is 0 Å². The molecule has 3 unspecified atom stereocenters. The van der Waals surface area contributed by atoms with E-state index >= 15 is 0 Å². The molecule has 1 fully saturated rings. The van der Waals surface area contributed by atoms with Crippen LogP contribution in [0.25, 0.3) is 0 Å². The second-order valence-corrected chi connectivity index (χ2v) is 6.35. The average Bonchev–Trinajstić information content (AvgIpc) is 2.39. The fourth-order valence-electron chi connectivity index (χ4n) is 2.99. The monoisotopic (exact) mass is 283 g/mol. The van der Waals surface area contributed by atoms with Gasteiger partial charge in [-0.05, 0) is 55.8 Å². The maximum atomic E-state index is 13.4. The fourth-order valence-corrected chi connectivity index (χ4v) is 3.11. The van der Waals surface area contributed by atoms with Crippen LogP contribution in [0.2, 0.25) is 5.02 Å². The molecular formula is C16H23ClFN. The van der Waals surface area contributed by atoms with E-state index in [1.165, 1.54) is 31.7 Å². The molecule has 1 aromatic rings. The van der Waals surface area contributed by atoms with E-state index in [9.17, 15) is 4.39 Å². The maximum absolute atomic E-state index is 13.4. The minimum Gasteiger partial charge on any atom is -0.310 e. The number of halogens is 2. The van der Waals surface area contributed by atoms with Crippen molar-refractivity contribution in [3.05, 3.63) is 34.6 Å². The summed E-state index contributed by atoms with van der Waals surface area (Å²) < 4.78 is 13.4. The van der Waals surface area contributed by atoms with E-state index in [1.807, 2.05) is 6.07 Å². The molecule has 0 aliphatic heterocycles. The Morgan fingerprint density at radius 3 is 2.89 bits per heavy atom. The van der Waals surface area contributed by atoms with Crippen LogP contribution in [0.5, 0.6) is 0 Å². The van der Waals surface area contributed by atoms with Crippen molar-refractivity contribution in [2.45, 2.75) is 45.6 Å².